The summed E-state index contributed by atoms with van der Waals surface area (Å²) in [6, 6.07) is 6.83. The van der Waals surface area contributed by atoms with Gasteiger partial charge in [0.2, 0.25) is 10.0 Å². The summed E-state index contributed by atoms with van der Waals surface area (Å²) in [5, 5.41) is 8.52. The molecular weight excluding hydrogens is 204 g/mol. The first kappa shape index (κ1) is 11.0. The predicted octanol–water partition coefficient (Wildman–Crippen LogP) is 0.537. The van der Waals surface area contributed by atoms with Crippen molar-refractivity contribution in [2.45, 2.75) is 6.54 Å². The molecule has 0 spiro atoms. The van der Waals surface area contributed by atoms with E-state index in [4.69, 9.17) is 5.21 Å². The number of nitrogens with one attached hydrogen (secondary N) is 2. The number of anilines is 1. The van der Waals surface area contributed by atoms with Gasteiger partial charge in [0.1, 0.15) is 0 Å². The number of sulfonamides is 1. The first-order chi connectivity index (χ1) is 6.53. The van der Waals surface area contributed by atoms with Gasteiger partial charge in [-0.2, -0.15) is 0 Å². The summed E-state index contributed by atoms with van der Waals surface area (Å²) in [4.78, 5) is 0. The average Bonchev–Trinajstić information content (AvgIpc) is 2.06. The summed E-state index contributed by atoms with van der Waals surface area (Å²) < 4.78 is 24.3. The highest BCUT2D eigenvalue weighted by Crippen LogP contribution is 2.15. The van der Waals surface area contributed by atoms with Crippen LogP contribution in [-0.2, 0) is 16.6 Å². The fourth-order valence-corrected chi connectivity index (χ4v) is 1.66. The molecular formula is C8H12N2O3S. The second-order valence-electron chi connectivity index (χ2n) is 2.87. The van der Waals surface area contributed by atoms with Gasteiger partial charge < -0.3 is 5.21 Å². The van der Waals surface area contributed by atoms with Crippen LogP contribution in [0.1, 0.15) is 5.56 Å². The molecule has 0 amide bonds. The van der Waals surface area contributed by atoms with E-state index in [9.17, 15) is 8.42 Å². The Bertz CT molecular complexity index is 403. The Hall–Kier alpha value is -1.11. The highest BCUT2D eigenvalue weighted by Gasteiger charge is 2.05. The molecule has 0 aromatic heterocycles. The minimum Gasteiger partial charge on any atom is -0.316 e. The zero-order valence-corrected chi connectivity index (χ0v) is 8.50. The van der Waals surface area contributed by atoms with Crippen molar-refractivity contribution >= 4 is 15.7 Å². The molecule has 3 N–H and O–H groups in total. The molecule has 14 heavy (non-hydrogen) atoms. The molecule has 1 aromatic carbocycles. The lowest BCUT2D eigenvalue weighted by atomic mass is 10.2. The summed E-state index contributed by atoms with van der Waals surface area (Å²) in [6.45, 7) is 0.193. The van der Waals surface area contributed by atoms with Crippen molar-refractivity contribution in [3.8, 4) is 0 Å². The van der Waals surface area contributed by atoms with Crippen LogP contribution in [0.2, 0.25) is 0 Å². The summed E-state index contributed by atoms with van der Waals surface area (Å²) in [6.07, 6.45) is 1.08. The molecule has 1 aromatic rings. The van der Waals surface area contributed by atoms with Gasteiger partial charge in [0.25, 0.3) is 0 Å². The maximum absolute atomic E-state index is 11.0. The predicted molar refractivity (Wildman–Crippen MR) is 53.5 cm³/mol. The monoisotopic (exact) mass is 216 g/mol. The first-order valence-electron chi connectivity index (χ1n) is 3.95. The molecule has 0 aliphatic rings. The number of hydrogen-bond acceptors (Lipinski definition) is 4. The lowest BCUT2D eigenvalue weighted by Crippen LogP contribution is -2.14. The Morgan fingerprint density at radius 3 is 2.57 bits per heavy atom. The molecule has 0 saturated heterocycles. The topological polar surface area (TPSA) is 78.4 Å². The van der Waals surface area contributed by atoms with Crippen molar-refractivity contribution < 1.29 is 13.6 Å². The third-order valence-electron chi connectivity index (χ3n) is 1.58. The fraction of sp³-hybridized carbons (Fsp3) is 0.250. The van der Waals surface area contributed by atoms with E-state index in [-0.39, 0.29) is 6.54 Å². The molecule has 0 heterocycles. The second kappa shape index (κ2) is 4.41. The molecule has 0 saturated carbocycles. The fourth-order valence-electron chi connectivity index (χ4n) is 1.06. The van der Waals surface area contributed by atoms with Gasteiger partial charge in [-0.05, 0) is 11.6 Å². The van der Waals surface area contributed by atoms with Gasteiger partial charge in [-0.3, -0.25) is 4.72 Å². The van der Waals surface area contributed by atoms with E-state index >= 15 is 0 Å². The molecule has 0 fully saturated rings. The molecule has 0 aliphatic carbocycles. The van der Waals surface area contributed by atoms with Crippen molar-refractivity contribution in [1.29, 1.82) is 0 Å². The zero-order valence-electron chi connectivity index (χ0n) is 7.69. The number of hydrogen-bond donors (Lipinski definition) is 3. The van der Waals surface area contributed by atoms with Crippen LogP contribution in [0.3, 0.4) is 0 Å². The Balaban J connectivity index is 2.95. The Morgan fingerprint density at radius 2 is 2.00 bits per heavy atom. The Labute approximate surface area is 82.8 Å². The number of benzene rings is 1. The van der Waals surface area contributed by atoms with Gasteiger partial charge in [0, 0.05) is 6.54 Å². The van der Waals surface area contributed by atoms with E-state index in [2.05, 4.69) is 4.72 Å². The van der Waals surface area contributed by atoms with Crippen LogP contribution < -0.4 is 10.2 Å². The van der Waals surface area contributed by atoms with E-state index in [0.717, 1.165) is 6.26 Å². The van der Waals surface area contributed by atoms with Crippen molar-refractivity contribution in [3.63, 3.8) is 0 Å². The summed E-state index contributed by atoms with van der Waals surface area (Å²) in [5.74, 6) is 0. The molecule has 0 atom stereocenters. The SMILES string of the molecule is CS(=O)(=O)Nc1ccccc1CNO. The van der Waals surface area contributed by atoms with Crippen LogP contribution >= 0.6 is 0 Å². The van der Waals surface area contributed by atoms with E-state index in [1.807, 2.05) is 5.48 Å². The van der Waals surface area contributed by atoms with Crippen molar-refractivity contribution in [2.75, 3.05) is 11.0 Å². The lowest BCUT2D eigenvalue weighted by molar-refractivity contribution is 0.161. The van der Waals surface area contributed by atoms with Gasteiger partial charge in [-0.1, -0.05) is 18.2 Å². The van der Waals surface area contributed by atoms with Gasteiger partial charge >= 0.3 is 0 Å². The summed E-state index contributed by atoms with van der Waals surface area (Å²) in [7, 11) is -3.28. The maximum Gasteiger partial charge on any atom is 0.229 e. The van der Waals surface area contributed by atoms with Crippen LogP contribution in [0.15, 0.2) is 24.3 Å². The summed E-state index contributed by atoms with van der Waals surface area (Å²) >= 11 is 0. The van der Waals surface area contributed by atoms with Crippen molar-refractivity contribution in [1.82, 2.24) is 5.48 Å². The third kappa shape index (κ3) is 3.33. The number of para-hydroxylation sites is 1. The van der Waals surface area contributed by atoms with Crippen LogP contribution in [0, 0.1) is 0 Å². The molecule has 0 aliphatic heterocycles. The summed E-state index contributed by atoms with van der Waals surface area (Å²) in [5.41, 5.74) is 3.13. The van der Waals surface area contributed by atoms with Crippen LogP contribution in [-0.4, -0.2) is 19.9 Å². The second-order valence-corrected chi connectivity index (χ2v) is 4.61. The molecule has 6 heteroatoms. The van der Waals surface area contributed by atoms with Crippen LogP contribution in [0.4, 0.5) is 5.69 Å². The largest absolute Gasteiger partial charge is 0.316 e. The molecule has 0 radical (unpaired) electrons. The molecule has 5 nitrogen and oxygen atoms in total. The molecule has 0 unspecified atom stereocenters. The van der Waals surface area contributed by atoms with Gasteiger partial charge in [-0.15, -0.1) is 0 Å². The standard InChI is InChI=1S/C8H12N2O3S/c1-14(12,13)10-8-5-3-2-4-7(8)6-9-11/h2-5,9-11H,6H2,1H3. The third-order valence-corrected chi connectivity index (χ3v) is 2.17. The van der Waals surface area contributed by atoms with E-state index in [1.165, 1.54) is 0 Å². The minimum atomic E-state index is -3.28. The Kier molecular flexibility index (Phi) is 3.45. The van der Waals surface area contributed by atoms with Crippen LogP contribution in [0.25, 0.3) is 0 Å². The highest BCUT2D eigenvalue weighted by molar-refractivity contribution is 7.92. The molecule has 0 bridgehead atoms. The maximum atomic E-state index is 11.0. The zero-order chi connectivity index (χ0) is 10.6. The van der Waals surface area contributed by atoms with E-state index in [1.54, 1.807) is 24.3 Å². The molecule has 78 valence electrons. The van der Waals surface area contributed by atoms with Gasteiger partial charge in [-0.25, -0.2) is 13.9 Å². The average molecular weight is 216 g/mol. The smallest absolute Gasteiger partial charge is 0.229 e. The van der Waals surface area contributed by atoms with Crippen molar-refractivity contribution in [2.24, 2.45) is 0 Å². The van der Waals surface area contributed by atoms with Gasteiger partial charge in [0.15, 0.2) is 0 Å². The normalized spacial score (nSPS) is 11.3. The lowest BCUT2D eigenvalue weighted by Gasteiger charge is -2.09. The van der Waals surface area contributed by atoms with E-state index < -0.39 is 10.0 Å². The molecule has 1 rings (SSSR count). The van der Waals surface area contributed by atoms with Gasteiger partial charge in [0.05, 0.1) is 11.9 Å². The number of rotatable bonds is 4. The highest BCUT2D eigenvalue weighted by atomic mass is 32.2. The van der Waals surface area contributed by atoms with Crippen molar-refractivity contribution in [3.05, 3.63) is 29.8 Å². The minimum absolute atomic E-state index is 0.193. The van der Waals surface area contributed by atoms with Crippen LogP contribution in [0.5, 0.6) is 0 Å². The first-order valence-corrected chi connectivity index (χ1v) is 5.85. The Morgan fingerprint density at radius 1 is 1.36 bits per heavy atom. The van der Waals surface area contributed by atoms with E-state index in [0.29, 0.717) is 11.3 Å². The number of hydroxylamine groups is 1. The quantitative estimate of drug-likeness (QED) is 0.642.